The predicted octanol–water partition coefficient (Wildman–Crippen LogP) is 4.69. The number of benzene rings is 2. The molecule has 1 aliphatic heterocycles. The Kier molecular flexibility index (Phi) is 2.58. The summed E-state index contributed by atoms with van der Waals surface area (Å²) >= 11 is 0. The number of aromatic hydroxyl groups is 1. The molecule has 0 spiro atoms. The van der Waals surface area contributed by atoms with E-state index in [4.69, 9.17) is 0 Å². The summed E-state index contributed by atoms with van der Waals surface area (Å²) in [6.07, 6.45) is 4.20. The van der Waals surface area contributed by atoms with Crippen molar-refractivity contribution in [1.82, 2.24) is 0 Å². The van der Waals surface area contributed by atoms with Crippen molar-refractivity contribution >= 4 is 5.69 Å². The van der Waals surface area contributed by atoms with Crippen molar-refractivity contribution in [3.8, 4) is 5.75 Å². The minimum absolute atomic E-state index is 0.351. The van der Waals surface area contributed by atoms with Gasteiger partial charge in [-0.05, 0) is 72.3 Å². The Hall–Kier alpha value is -1.96. The van der Waals surface area contributed by atoms with Crippen molar-refractivity contribution in [3.63, 3.8) is 0 Å². The summed E-state index contributed by atoms with van der Waals surface area (Å²) in [6.45, 7) is 0. The van der Waals surface area contributed by atoms with Crippen LogP contribution in [0.2, 0.25) is 0 Å². The number of hydrogen-bond donors (Lipinski definition) is 2. The molecule has 1 heterocycles. The molecule has 0 aromatic heterocycles. The summed E-state index contributed by atoms with van der Waals surface area (Å²) in [5, 5.41) is 13.4. The lowest BCUT2D eigenvalue weighted by Crippen LogP contribution is -2.35. The normalized spacial score (nSPS) is 34.8. The van der Waals surface area contributed by atoms with Crippen molar-refractivity contribution in [1.29, 1.82) is 0 Å². The van der Waals surface area contributed by atoms with E-state index >= 15 is 0 Å². The Morgan fingerprint density at radius 2 is 1.68 bits per heavy atom. The van der Waals surface area contributed by atoms with Crippen LogP contribution in [0.1, 0.15) is 42.3 Å². The second-order valence-corrected chi connectivity index (χ2v) is 7.24. The minimum atomic E-state index is 0.351. The Morgan fingerprint density at radius 3 is 2.55 bits per heavy atom. The van der Waals surface area contributed by atoms with E-state index in [9.17, 15) is 5.11 Å². The summed E-state index contributed by atoms with van der Waals surface area (Å²) in [6, 6.07) is 17.1. The van der Waals surface area contributed by atoms with Gasteiger partial charge in [0.15, 0.2) is 0 Å². The minimum Gasteiger partial charge on any atom is -0.508 e. The highest BCUT2D eigenvalue weighted by Gasteiger charge is 2.53. The standard InChI is InChI=1S/C20H21NO/c22-15-9-7-12(8-10-15)20-19-14-6-5-13(11-14)18(19)16-3-1-2-4-17(16)21-20/h1-4,7-10,13-14,18-22H,5-6,11H2/t13-,14+,18-,19-,20+/m1/s1. The summed E-state index contributed by atoms with van der Waals surface area (Å²) in [5.41, 5.74) is 4.17. The monoisotopic (exact) mass is 291 g/mol. The van der Waals surface area contributed by atoms with Gasteiger partial charge in [0.1, 0.15) is 5.75 Å². The third kappa shape index (κ3) is 1.67. The van der Waals surface area contributed by atoms with Gasteiger partial charge < -0.3 is 10.4 Å². The Bertz CT molecular complexity index is 708. The summed E-state index contributed by atoms with van der Waals surface area (Å²) in [7, 11) is 0. The molecule has 2 heteroatoms. The van der Waals surface area contributed by atoms with Gasteiger partial charge in [0.25, 0.3) is 0 Å². The summed E-state index contributed by atoms with van der Waals surface area (Å²) in [4.78, 5) is 0. The molecule has 0 saturated heterocycles. The Balaban J connectivity index is 1.63. The van der Waals surface area contributed by atoms with Crippen LogP contribution in [0, 0.1) is 17.8 Å². The van der Waals surface area contributed by atoms with Crippen LogP contribution in [0.25, 0.3) is 0 Å². The SMILES string of the molecule is Oc1ccc([C@@H]2Nc3ccccc3[C@H]3[C@@H]4CC[C@@H](C4)[C@H]32)cc1. The summed E-state index contributed by atoms with van der Waals surface area (Å²) < 4.78 is 0. The highest BCUT2D eigenvalue weighted by molar-refractivity contribution is 5.58. The van der Waals surface area contributed by atoms with Crippen LogP contribution >= 0.6 is 0 Å². The van der Waals surface area contributed by atoms with Gasteiger partial charge in [0.2, 0.25) is 0 Å². The number of rotatable bonds is 1. The molecule has 2 N–H and O–H groups in total. The summed E-state index contributed by atoms with van der Waals surface area (Å²) in [5.74, 6) is 3.50. The maximum atomic E-state index is 9.59. The van der Waals surface area contributed by atoms with Crippen LogP contribution < -0.4 is 5.32 Å². The third-order valence-electron chi connectivity index (χ3n) is 6.25. The molecule has 3 aliphatic rings. The molecule has 112 valence electrons. The van der Waals surface area contributed by atoms with Crippen LogP contribution in [0.3, 0.4) is 0 Å². The molecule has 5 atom stereocenters. The maximum Gasteiger partial charge on any atom is 0.115 e. The second kappa shape index (κ2) is 4.52. The van der Waals surface area contributed by atoms with Crippen molar-refractivity contribution in [2.24, 2.45) is 17.8 Å². The van der Waals surface area contributed by atoms with Crippen molar-refractivity contribution < 1.29 is 5.11 Å². The molecule has 2 bridgehead atoms. The van der Waals surface area contributed by atoms with Crippen LogP contribution in [0.5, 0.6) is 5.75 Å². The molecular formula is C20H21NO. The lowest BCUT2D eigenvalue weighted by atomic mass is 9.68. The van der Waals surface area contributed by atoms with Gasteiger partial charge in [-0.2, -0.15) is 0 Å². The average molecular weight is 291 g/mol. The van der Waals surface area contributed by atoms with Gasteiger partial charge in [-0.25, -0.2) is 0 Å². The largest absolute Gasteiger partial charge is 0.508 e. The van der Waals surface area contributed by atoms with Gasteiger partial charge in [0, 0.05) is 5.69 Å². The zero-order valence-corrected chi connectivity index (χ0v) is 12.6. The molecule has 2 fully saturated rings. The van der Waals surface area contributed by atoms with E-state index in [-0.39, 0.29) is 0 Å². The lowest BCUT2D eigenvalue weighted by Gasteiger charge is -2.43. The van der Waals surface area contributed by atoms with Crippen LogP contribution in [-0.4, -0.2) is 5.11 Å². The number of phenols is 1. The molecule has 2 aromatic rings. The Morgan fingerprint density at radius 1 is 0.909 bits per heavy atom. The van der Waals surface area contributed by atoms with Gasteiger partial charge >= 0.3 is 0 Å². The number of para-hydroxylation sites is 1. The second-order valence-electron chi connectivity index (χ2n) is 7.24. The molecule has 22 heavy (non-hydrogen) atoms. The Labute approximate surface area is 131 Å². The first-order valence-electron chi connectivity index (χ1n) is 8.45. The molecule has 0 radical (unpaired) electrons. The fraction of sp³-hybridized carbons (Fsp3) is 0.400. The van der Waals surface area contributed by atoms with Gasteiger partial charge in [-0.15, -0.1) is 0 Å². The fourth-order valence-electron chi connectivity index (χ4n) is 5.45. The fourth-order valence-corrected chi connectivity index (χ4v) is 5.45. The van der Waals surface area contributed by atoms with Crippen molar-refractivity contribution in [3.05, 3.63) is 59.7 Å². The molecule has 0 amide bonds. The van der Waals surface area contributed by atoms with E-state index < -0.39 is 0 Å². The van der Waals surface area contributed by atoms with E-state index in [1.165, 1.54) is 36.1 Å². The number of fused-ring (bicyclic) bond motifs is 7. The van der Waals surface area contributed by atoms with Crippen LogP contribution in [-0.2, 0) is 0 Å². The lowest BCUT2D eigenvalue weighted by molar-refractivity contribution is 0.247. The van der Waals surface area contributed by atoms with Crippen LogP contribution in [0.15, 0.2) is 48.5 Å². The van der Waals surface area contributed by atoms with Gasteiger partial charge in [-0.1, -0.05) is 30.3 Å². The quantitative estimate of drug-likeness (QED) is 0.799. The van der Waals surface area contributed by atoms with Crippen LogP contribution in [0.4, 0.5) is 5.69 Å². The zero-order chi connectivity index (χ0) is 14.7. The molecule has 2 aromatic carbocycles. The average Bonchev–Trinajstić information content (AvgIpc) is 3.17. The highest BCUT2D eigenvalue weighted by atomic mass is 16.3. The number of nitrogens with one attached hydrogen (secondary N) is 1. The van der Waals surface area contributed by atoms with E-state index in [0.717, 1.165) is 17.8 Å². The highest BCUT2D eigenvalue weighted by Crippen LogP contribution is 2.63. The molecular weight excluding hydrogens is 270 g/mol. The van der Waals surface area contributed by atoms with E-state index in [0.29, 0.717) is 17.7 Å². The third-order valence-corrected chi connectivity index (χ3v) is 6.25. The maximum absolute atomic E-state index is 9.59. The van der Waals surface area contributed by atoms with Crippen molar-refractivity contribution in [2.45, 2.75) is 31.2 Å². The topological polar surface area (TPSA) is 32.3 Å². The molecule has 2 saturated carbocycles. The van der Waals surface area contributed by atoms with E-state index in [2.05, 4.69) is 41.7 Å². The van der Waals surface area contributed by atoms with Crippen molar-refractivity contribution in [2.75, 3.05) is 5.32 Å². The van der Waals surface area contributed by atoms with E-state index in [1.54, 1.807) is 0 Å². The predicted molar refractivity (Wildman–Crippen MR) is 88.0 cm³/mol. The zero-order valence-electron chi connectivity index (χ0n) is 12.6. The van der Waals surface area contributed by atoms with Gasteiger partial charge in [0.05, 0.1) is 6.04 Å². The molecule has 2 aliphatic carbocycles. The number of hydrogen-bond acceptors (Lipinski definition) is 2. The first-order chi connectivity index (χ1) is 10.8. The van der Waals surface area contributed by atoms with E-state index in [1.807, 2.05) is 12.1 Å². The first kappa shape index (κ1) is 12.6. The molecule has 0 unspecified atom stereocenters. The molecule has 2 nitrogen and oxygen atoms in total. The number of anilines is 1. The first-order valence-corrected chi connectivity index (χ1v) is 8.45. The number of phenolic OH excluding ortho intramolecular Hbond substituents is 1. The molecule has 5 rings (SSSR count). The smallest absolute Gasteiger partial charge is 0.115 e. The van der Waals surface area contributed by atoms with Gasteiger partial charge in [-0.3, -0.25) is 0 Å².